The topological polar surface area (TPSA) is 67.8 Å². The van der Waals surface area contributed by atoms with Crippen LogP contribution < -0.4 is 9.64 Å². The van der Waals surface area contributed by atoms with Gasteiger partial charge in [-0.15, -0.1) is 0 Å². The van der Waals surface area contributed by atoms with Gasteiger partial charge in [0.15, 0.2) is 0 Å². The first-order valence-corrected chi connectivity index (χ1v) is 11.8. The summed E-state index contributed by atoms with van der Waals surface area (Å²) in [6, 6.07) is 15.8. The van der Waals surface area contributed by atoms with Gasteiger partial charge in [-0.1, -0.05) is 29.8 Å². The van der Waals surface area contributed by atoms with E-state index in [4.69, 9.17) is 19.4 Å². The quantitative estimate of drug-likeness (QED) is 0.584. The van der Waals surface area contributed by atoms with E-state index in [1.165, 1.54) is 0 Å². The lowest BCUT2D eigenvalue weighted by Gasteiger charge is -2.34. The lowest BCUT2D eigenvalue weighted by Crippen LogP contribution is -2.41. The fraction of sp³-hybridized carbons (Fsp3) is 0.370. The number of methoxy groups -OCH3 is 1. The summed E-state index contributed by atoms with van der Waals surface area (Å²) in [5.74, 6) is 2.64. The highest BCUT2D eigenvalue weighted by molar-refractivity contribution is 5.94. The number of hydrogen-bond acceptors (Lipinski definition) is 6. The largest absolute Gasteiger partial charge is 0.497 e. The zero-order valence-corrected chi connectivity index (χ0v) is 19.8. The van der Waals surface area contributed by atoms with Gasteiger partial charge in [0.2, 0.25) is 0 Å². The fourth-order valence-corrected chi connectivity index (χ4v) is 4.54. The molecule has 5 rings (SSSR count). The molecule has 0 bridgehead atoms. The van der Waals surface area contributed by atoms with Crippen LogP contribution in [0.25, 0.3) is 0 Å². The first-order valence-electron chi connectivity index (χ1n) is 11.8. The molecular weight excluding hydrogens is 428 g/mol. The summed E-state index contributed by atoms with van der Waals surface area (Å²) in [4.78, 5) is 27.4. The lowest BCUT2D eigenvalue weighted by atomic mass is 10.0. The van der Waals surface area contributed by atoms with Crippen molar-refractivity contribution in [3.63, 3.8) is 0 Å². The van der Waals surface area contributed by atoms with Gasteiger partial charge in [0, 0.05) is 43.6 Å². The number of aromatic nitrogens is 2. The van der Waals surface area contributed by atoms with Gasteiger partial charge in [0.25, 0.3) is 5.91 Å². The van der Waals surface area contributed by atoms with Crippen LogP contribution in [0.5, 0.6) is 5.75 Å². The van der Waals surface area contributed by atoms with Gasteiger partial charge in [-0.05, 0) is 36.8 Å². The van der Waals surface area contributed by atoms with Crippen molar-refractivity contribution in [2.45, 2.75) is 26.3 Å². The Labute approximate surface area is 200 Å². The number of amides is 1. The molecule has 3 heterocycles. The molecule has 0 spiro atoms. The van der Waals surface area contributed by atoms with E-state index in [0.717, 1.165) is 64.8 Å². The molecule has 1 aromatic heterocycles. The molecule has 0 unspecified atom stereocenters. The summed E-state index contributed by atoms with van der Waals surface area (Å²) in [7, 11) is 1.67. The van der Waals surface area contributed by atoms with Gasteiger partial charge in [-0.3, -0.25) is 4.79 Å². The molecule has 1 amide bonds. The number of benzene rings is 2. The maximum absolute atomic E-state index is 13.2. The average molecular weight is 459 g/mol. The van der Waals surface area contributed by atoms with Crippen LogP contribution in [0.15, 0.2) is 48.5 Å². The number of fused-ring (bicyclic) bond motifs is 1. The van der Waals surface area contributed by atoms with Crippen LogP contribution in [0.1, 0.15) is 38.6 Å². The van der Waals surface area contributed by atoms with E-state index < -0.39 is 0 Å². The third kappa shape index (κ3) is 4.75. The monoisotopic (exact) mass is 458 g/mol. The molecular formula is C27H30N4O3. The Morgan fingerprint density at radius 1 is 1.00 bits per heavy atom. The van der Waals surface area contributed by atoms with Gasteiger partial charge in [-0.25, -0.2) is 9.97 Å². The maximum atomic E-state index is 13.2. The Balaban J connectivity index is 1.44. The molecule has 2 aliphatic rings. The molecule has 34 heavy (non-hydrogen) atoms. The van der Waals surface area contributed by atoms with E-state index in [9.17, 15) is 4.79 Å². The average Bonchev–Trinajstić information content (AvgIpc) is 2.89. The first kappa shape index (κ1) is 22.3. The zero-order chi connectivity index (χ0) is 23.5. The number of carbonyl (C=O) groups excluding carboxylic acids is 1. The van der Waals surface area contributed by atoms with Crippen LogP contribution in [-0.4, -0.2) is 60.7 Å². The van der Waals surface area contributed by atoms with Crippen LogP contribution >= 0.6 is 0 Å². The predicted molar refractivity (Wildman–Crippen MR) is 130 cm³/mol. The van der Waals surface area contributed by atoms with Gasteiger partial charge in [-0.2, -0.15) is 0 Å². The molecule has 0 atom stereocenters. The Hall–Kier alpha value is -3.45. The predicted octanol–water partition coefficient (Wildman–Crippen LogP) is 3.42. The Kier molecular flexibility index (Phi) is 6.45. The van der Waals surface area contributed by atoms with Gasteiger partial charge in [0.05, 0.1) is 32.6 Å². The maximum Gasteiger partial charge on any atom is 0.254 e. The van der Waals surface area contributed by atoms with Crippen molar-refractivity contribution in [3.8, 4) is 5.75 Å². The molecule has 7 nitrogen and oxygen atoms in total. The van der Waals surface area contributed by atoms with Crippen LogP contribution in [0.3, 0.4) is 0 Å². The smallest absolute Gasteiger partial charge is 0.254 e. The second kappa shape index (κ2) is 9.81. The minimum Gasteiger partial charge on any atom is -0.497 e. The molecule has 0 N–H and O–H groups in total. The number of morpholine rings is 1. The van der Waals surface area contributed by atoms with Crippen LogP contribution in [0, 0.1) is 6.92 Å². The minimum absolute atomic E-state index is 0.0564. The highest BCUT2D eigenvalue weighted by Crippen LogP contribution is 2.29. The summed E-state index contributed by atoms with van der Waals surface area (Å²) in [6.45, 7) is 6.14. The Morgan fingerprint density at radius 3 is 2.44 bits per heavy atom. The van der Waals surface area contributed by atoms with E-state index >= 15 is 0 Å². The summed E-state index contributed by atoms with van der Waals surface area (Å²) in [5, 5.41) is 0. The number of nitrogens with zero attached hydrogens (tertiary/aromatic N) is 4. The van der Waals surface area contributed by atoms with Crippen LogP contribution in [-0.2, 0) is 24.1 Å². The fourth-order valence-electron chi connectivity index (χ4n) is 4.54. The molecule has 1 fully saturated rings. The Morgan fingerprint density at radius 2 is 1.74 bits per heavy atom. The molecule has 1 saturated heterocycles. The second-order valence-electron chi connectivity index (χ2n) is 8.86. The number of rotatable bonds is 5. The molecule has 2 aromatic carbocycles. The summed E-state index contributed by atoms with van der Waals surface area (Å²) >= 11 is 0. The third-order valence-electron chi connectivity index (χ3n) is 6.50. The van der Waals surface area contributed by atoms with E-state index in [0.29, 0.717) is 32.7 Å². The normalized spacial score (nSPS) is 15.7. The lowest BCUT2D eigenvalue weighted by molar-refractivity contribution is 0.0733. The van der Waals surface area contributed by atoms with E-state index in [1.54, 1.807) is 7.11 Å². The number of ether oxygens (including phenoxy) is 2. The molecule has 3 aromatic rings. The summed E-state index contributed by atoms with van der Waals surface area (Å²) < 4.78 is 10.9. The van der Waals surface area contributed by atoms with Crippen molar-refractivity contribution in [1.82, 2.24) is 14.9 Å². The van der Waals surface area contributed by atoms with Crippen molar-refractivity contribution in [2.75, 3.05) is 44.9 Å². The van der Waals surface area contributed by atoms with E-state index in [-0.39, 0.29) is 5.91 Å². The van der Waals surface area contributed by atoms with E-state index in [1.807, 2.05) is 48.2 Å². The molecule has 2 aliphatic heterocycles. The second-order valence-corrected chi connectivity index (χ2v) is 8.86. The number of hydrogen-bond donors (Lipinski definition) is 0. The minimum atomic E-state index is 0.0564. The summed E-state index contributed by atoms with van der Waals surface area (Å²) in [6.07, 6.45) is 1.38. The molecule has 0 saturated carbocycles. The third-order valence-corrected chi connectivity index (χ3v) is 6.50. The van der Waals surface area contributed by atoms with Crippen molar-refractivity contribution < 1.29 is 14.3 Å². The van der Waals surface area contributed by atoms with Crippen molar-refractivity contribution in [2.24, 2.45) is 0 Å². The van der Waals surface area contributed by atoms with Gasteiger partial charge in [0.1, 0.15) is 17.4 Å². The summed E-state index contributed by atoms with van der Waals surface area (Å²) in [5.41, 5.74) is 5.12. The van der Waals surface area contributed by atoms with Crippen LogP contribution in [0.2, 0.25) is 0 Å². The van der Waals surface area contributed by atoms with Crippen LogP contribution in [0.4, 0.5) is 5.82 Å². The van der Waals surface area contributed by atoms with Crippen molar-refractivity contribution in [1.29, 1.82) is 0 Å². The highest BCUT2D eigenvalue weighted by Gasteiger charge is 2.28. The number of carbonyl (C=O) groups is 1. The zero-order valence-electron chi connectivity index (χ0n) is 19.8. The van der Waals surface area contributed by atoms with Gasteiger partial charge >= 0.3 is 0 Å². The molecule has 7 heteroatoms. The Bertz CT molecular complexity index is 1160. The molecule has 176 valence electrons. The first-order chi connectivity index (χ1) is 16.6. The van der Waals surface area contributed by atoms with Crippen molar-refractivity contribution >= 4 is 11.7 Å². The van der Waals surface area contributed by atoms with Gasteiger partial charge < -0.3 is 19.3 Å². The van der Waals surface area contributed by atoms with Crippen molar-refractivity contribution in [3.05, 3.63) is 82.3 Å². The molecule has 0 radical (unpaired) electrons. The SMILES string of the molecule is COc1ccc(Cc2nc3c(c(N4CCOCC4)n2)CN(C(=O)c2ccc(C)cc2)CC3)cc1. The molecule has 0 aliphatic carbocycles. The standard InChI is InChI=1S/C27H30N4O3/c1-19-3-7-21(8-4-19)27(32)31-12-11-24-23(18-31)26(30-13-15-34-16-14-30)29-25(28-24)17-20-5-9-22(33-2)10-6-20/h3-10H,11-18H2,1-2H3. The number of aryl methyl sites for hydroxylation is 1. The number of anilines is 1. The van der Waals surface area contributed by atoms with E-state index in [2.05, 4.69) is 17.0 Å². The highest BCUT2D eigenvalue weighted by atomic mass is 16.5.